The van der Waals surface area contributed by atoms with Crippen LogP contribution in [0.3, 0.4) is 0 Å². The summed E-state index contributed by atoms with van der Waals surface area (Å²) in [5, 5.41) is 6.09. The number of hydrogen-bond donors (Lipinski definition) is 2. The number of rotatable bonds is 5. The number of halogens is 2. The molecule has 2 amide bonds. The second-order valence-electron chi connectivity index (χ2n) is 4.38. The molecular weight excluding hydrogens is 325 g/mol. The van der Waals surface area contributed by atoms with E-state index < -0.39 is 0 Å². The Bertz CT molecular complexity index is 678. The van der Waals surface area contributed by atoms with Crippen LogP contribution in [-0.2, 0) is 0 Å². The maximum Gasteiger partial charge on any atom is 0.252 e. The SMILES string of the molecule is O=C(NCCNC(=O)c1cc(Cl)ccc1Cl)c1cccnc1. The highest BCUT2D eigenvalue weighted by Gasteiger charge is 2.10. The van der Waals surface area contributed by atoms with Gasteiger partial charge in [0.1, 0.15) is 0 Å². The molecule has 0 aliphatic rings. The lowest BCUT2D eigenvalue weighted by Crippen LogP contribution is -2.34. The van der Waals surface area contributed by atoms with Gasteiger partial charge in [-0.2, -0.15) is 0 Å². The van der Waals surface area contributed by atoms with Crippen molar-refractivity contribution in [1.82, 2.24) is 15.6 Å². The van der Waals surface area contributed by atoms with Crippen LogP contribution in [0.2, 0.25) is 10.0 Å². The monoisotopic (exact) mass is 337 g/mol. The van der Waals surface area contributed by atoms with Gasteiger partial charge in [-0.1, -0.05) is 23.2 Å². The molecular formula is C15H13Cl2N3O2. The van der Waals surface area contributed by atoms with Gasteiger partial charge in [0, 0.05) is 30.5 Å². The topological polar surface area (TPSA) is 71.1 Å². The first-order valence-electron chi connectivity index (χ1n) is 6.49. The van der Waals surface area contributed by atoms with Crippen LogP contribution in [-0.4, -0.2) is 29.9 Å². The van der Waals surface area contributed by atoms with Crippen LogP contribution in [0.25, 0.3) is 0 Å². The molecule has 1 aromatic heterocycles. The molecule has 0 saturated carbocycles. The average molecular weight is 338 g/mol. The number of nitrogens with zero attached hydrogens (tertiary/aromatic N) is 1. The predicted molar refractivity (Wildman–Crippen MR) is 85.4 cm³/mol. The standard InChI is InChI=1S/C15H13Cl2N3O2/c16-11-3-4-13(17)12(8-11)15(22)20-7-6-19-14(21)10-2-1-5-18-9-10/h1-5,8-9H,6-7H2,(H,19,21)(H,20,22). The van der Waals surface area contributed by atoms with Crippen LogP contribution in [0, 0.1) is 0 Å². The summed E-state index contributed by atoms with van der Waals surface area (Å²) in [6, 6.07) is 8.00. The highest BCUT2D eigenvalue weighted by molar-refractivity contribution is 6.35. The lowest BCUT2D eigenvalue weighted by Gasteiger charge is -2.08. The number of aromatic nitrogens is 1. The fraction of sp³-hybridized carbons (Fsp3) is 0.133. The Hall–Kier alpha value is -2.11. The van der Waals surface area contributed by atoms with Crippen molar-refractivity contribution in [3.8, 4) is 0 Å². The minimum Gasteiger partial charge on any atom is -0.350 e. The van der Waals surface area contributed by atoms with Gasteiger partial charge in [-0.25, -0.2) is 0 Å². The van der Waals surface area contributed by atoms with E-state index in [2.05, 4.69) is 15.6 Å². The van der Waals surface area contributed by atoms with Gasteiger partial charge in [-0.3, -0.25) is 14.6 Å². The van der Waals surface area contributed by atoms with Crippen molar-refractivity contribution >= 4 is 35.0 Å². The Balaban J connectivity index is 1.80. The van der Waals surface area contributed by atoms with Gasteiger partial charge in [-0.15, -0.1) is 0 Å². The van der Waals surface area contributed by atoms with E-state index in [4.69, 9.17) is 23.2 Å². The van der Waals surface area contributed by atoms with Gasteiger partial charge < -0.3 is 10.6 Å². The smallest absolute Gasteiger partial charge is 0.252 e. The third-order valence-electron chi connectivity index (χ3n) is 2.79. The summed E-state index contributed by atoms with van der Waals surface area (Å²) in [4.78, 5) is 27.6. The third kappa shape index (κ3) is 4.44. The van der Waals surface area contributed by atoms with Crippen LogP contribution in [0.15, 0.2) is 42.7 Å². The molecule has 114 valence electrons. The van der Waals surface area contributed by atoms with E-state index in [-0.39, 0.29) is 24.9 Å². The Kier molecular flexibility index (Phi) is 5.75. The molecule has 0 bridgehead atoms. The van der Waals surface area contributed by atoms with E-state index in [9.17, 15) is 9.59 Å². The van der Waals surface area contributed by atoms with Crippen molar-refractivity contribution in [2.24, 2.45) is 0 Å². The first-order chi connectivity index (χ1) is 10.6. The summed E-state index contributed by atoms with van der Waals surface area (Å²) in [6.07, 6.45) is 3.06. The first-order valence-corrected chi connectivity index (χ1v) is 7.25. The van der Waals surface area contributed by atoms with Gasteiger partial charge in [-0.05, 0) is 30.3 Å². The van der Waals surface area contributed by atoms with Crippen molar-refractivity contribution in [3.05, 3.63) is 63.9 Å². The normalized spacial score (nSPS) is 10.1. The van der Waals surface area contributed by atoms with Crippen LogP contribution in [0.1, 0.15) is 20.7 Å². The number of carbonyl (C=O) groups is 2. The molecule has 0 radical (unpaired) electrons. The molecule has 0 aliphatic carbocycles. The molecule has 0 atom stereocenters. The Morgan fingerprint density at radius 2 is 1.77 bits per heavy atom. The molecule has 1 aromatic carbocycles. The summed E-state index contributed by atoms with van der Waals surface area (Å²) in [5.74, 6) is -0.591. The second-order valence-corrected chi connectivity index (χ2v) is 5.22. The molecule has 22 heavy (non-hydrogen) atoms. The predicted octanol–water partition coefficient (Wildman–Crippen LogP) is 2.55. The van der Waals surface area contributed by atoms with Crippen molar-refractivity contribution in [2.45, 2.75) is 0 Å². The van der Waals surface area contributed by atoms with Gasteiger partial charge >= 0.3 is 0 Å². The molecule has 5 nitrogen and oxygen atoms in total. The molecule has 1 heterocycles. The molecule has 0 fully saturated rings. The van der Waals surface area contributed by atoms with E-state index in [1.165, 1.54) is 12.3 Å². The van der Waals surface area contributed by atoms with Crippen LogP contribution < -0.4 is 10.6 Å². The zero-order valence-electron chi connectivity index (χ0n) is 11.5. The lowest BCUT2D eigenvalue weighted by molar-refractivity contribution is 0.0927. The van der Waals surface area contributed by atoms with Crippen LogP contribution >= 0.6 is 23.2 Å². The van der Waals surface area contributed by atoms with Crippen molar-refractivity contribution in [1.29, 1.82) is 0 Å². The quantitative estimate of drug-likeness (QED) is 0.823. The number of hydrogen-bond acceptors (Lipinski definition) is 3. The van der Waals surface area contributed by atoms with Gasteiger partial charge in [0.2, 0.25) is 0 Å². The largest absolute Gasteiger partial charge is 0.350 e. The fourth-order valence-electron chi connectivity index (χ4n) is 1.72. The molecule has 2 rings (SSSR count). The van der Waals surface area contributed by atoms with E-state index in [1.807, 2.05) is 0 Å². The molecule has 0 aliphatic heterocycles. The summed E-state index contributed by atoms with van der Waals surface area (Å²) in [6.45, 7) is 0.561. The van der Waals surface area contributed by atoms with E-state index >= 15 is 0 Å². The van der Waals surface area contributed by atoms with Gasteiger partial charge in [0.05, 0.1) is 16.1 Å². The maximum absolute atomic E-state index is 12.0. The van der Waals surface area contributed by atoms with E-state index in [0.717, 1.165) is 0 Å². The van der Waals surface area contributed by atoms with Gasteiger partial charge in [0.15, 0.2) is 0 Å². The van der Waals surface area contributed by atoms with Crippen molar-refractivity contribution in [2.75, 3.05) is 13.1 Å². The minimum absolute atomic E-state index is 0.247. The Morgan fingerprint density at radius 1 is 1.05 bits per heavy atom. The minimum atomic E-state index is -0.344. The fourth-order valence-corrected chi connectivity index (χ4v) is 2.09. The summed E-state index contributed by atoms with van der Waals surface area (Å²) in [5.41, 5.74) is 0.763. The molecule has 0 spiro atoms. The van der Waals surface area contributed by atoms with Crippen molar-refractivity contribution in [3.63, 3.8) is 0 Å². The molecule has 2 N–H and O–H groups in total. The molecule has 0 unspecified atom stereocenters. The molecule has 0 saturated heterocycles. The summed E-state index contributed by atoms with van der Waals surface area (Å²) < 4.78 is 0. The number of nitrogens with one attached hydrogen (secondary N) is 2. The van der Waals surface area contributed by atoms with Crippen LogP contribution in [0.5, 0.6) is 0 Å². The summed E-state index contributed by atoms with van der Waals surface area (Å²) in [7, 11) is 0. The molecule has 2 aromatic rings. The van der Waals surface area contributed by atoms with Crippen molar-refractivity contribution < 1.29 is 9.59 Å². The number of amides is 2. The Morgan fingerprint density at radius 3 is 2.45 bits per heavy atom. The number of benzene rings is 1. The summed E-state index contributed by atoms with van der Waals surface area (Å²) >= 11 is 11.8. The zero-order chi connectivity index (χ0) is 15.9. The van der Waals surface area contributed by atoms with Gasteiger partial charge in [0.25, 0.3) is 11.8 Å². The zero-order valence-corrected chi connectivity index (χ0v) is 13.0. The van der Waals surface area contributed by atoms with E-state index in [1.54, 1.807) is 30.5 Å². The second kappa shape index (κ2) is 7.77. The highest BCUT2D eigenvalue weighted by Crippen LogP contribution is 2.20. The van der Waals surface area contributed by atoms with Crippen LogP contribution in [0.4, 0.5) is 0 Å². The third-order valence-corrected chi connectivity index (χ3v) is 3.36. The average Bonchev–Trinajstić information content (AvgIpc) is 2.54. The maximum atomic E-state index is 12.0. The molecule has 7 heteroatoms. The number of carbonyl (C=O) groups excluding carboxylic acids is 2. The lowest BCUT2D eigenvalue weighted by atomic mass is 10.2. The Labute approximate surface area is 137 Å². The van der Waals surface area contributed by atoms with E-state index in [0.29, 0.717) is 21.2 Å². The first kappa shape index (κ1) is 16.3. The highest BCUT2D eigenvalue weighted by atomic mass is 35.5. The number of pyridine rings is 1.